The van der Waals surface area contributed by atoms with Gasteiger partial charge in [0.25, 0.3) is 0 Å². The van der Waals surface area contributed by atoms with Crippen molar-refractivity contribution in [2.45, 2.75) is 20.8 Å². The number of hydrogen-bond acceptors (Lipinski definition) is 2. The highest BCUT2D eigenvalue weighted by Crippen LogP contribution is 2.10. The summed E-state index contributed by atoms with van der Waals surface area (Å²) in [5.74, 6) is 0.100. The number of rotatable bonds is 2. The van der Waals surface area contributed by atoms with Crippen LogP contribution < -0.4 is 0 Å². The standard InChI is InChI=1S/C10H14N2O/c1-7(9(3)13)5-10-6-11-12(4)8(10)2/h5-6H,1-4H3. The van der Waals surface area contributed by atoms with Crippen molar-refractivity contribution in [3.8, 4) is 0 Å². The first-order chi connectivity index (χ1) is 6.02. The Hall–Kier alpha value is -1.38. The van der Waals surface area contributed by atoms with Crippen LogP contribution in [0, 0.1) is 6.92 Å². The number of ketones is 1. The minimum Gasteiger partial charge on any atom is -0.295 e. The van der Waals surface area contributed by atoms with E-state index in [0.717, 1.165) is 16.8 Å². The second-order valence-electron chi connectivity index (χ2n) is 3.19. The molecular weight excluding hydrogens is 164 g/mol. The number of aryl methyl sites for hydroxylation is 1. The number of hydrogen-bond donors (Lipinski definition) is 0. The molecule has 3 nitrogen and oxygen atoms in total. The highest BCUT2D eigenvalue weighted by molar-refractivity contribution is 5.97. The zero-order valence-electron chi connectivity index (χ0n) is 8.46. The number of Topliss-reactive ketones (excluding diaryl/α,β-unsaturated/α-hetero) is 1. The van der Waals surface area contributed by atoms with Gasteiger partial charge in [-0.05, 0) is 32.4 Å². The van der Waals surface area contributed by atoms with Crippen LogP contribution in [-0.2, 0) is 11.8 Å². The normalized spacial score (nSPS) is 11.8. The van der Waals surface area contributed by atoms with Crippen LogP contribution in [0.3, 0.4) is 0 Å². The van der Waals surface area contributed by atoms with E-state index < -0.39 is 0 Å². The monoisotopic (exact) mass is 178 g/mol. The summed E-state index contributed by atoms with van der Waals surface area (Å²) in [5, 5.41) is 4.09. The molecule has 0 amide bonds. The molecule has 0 fully saturated rings. The average molecular weight is 178 g/mol. The van der Waals surface area contributed by atoms with E-state index in [1.165, 1.54) is 0 Å². The van der Waals surface area contributed by atoms with E-state index in [0.29, 0.717) is 0 Å². The Bertz CT molecular complexity index is 361. The summed E-state index contributed by atoms with van der Waals surface area (Å²) in [5.41, 5.74) is 2.84. The lowest BCUT2D eigenvalue weighted by atomic mass is 10.1. The van der Waals surface area contributed by atoms with Crippen LogP contribution in [0.4, 0.5) is 0 Å². The van der Waals surface area contributed by atoms with E-state index in [1.54, 1.807) is 17.8 Å². The second-order valence-corrected chi connectivity index (χ2v) is 3.19. The van der Waals surface area contributed by atoms with Crippen molar-refractivity contribution < 1.29 is 4.79 Å². The van der Waals surface area contributed by atoms with Gasteiger partial charge in [0.05, 0.1) is 6.20 Å². The second kappa shape index (κ2) is 3.56. The van der Waals surface area contributed by atoms with E-state index in [4.69, 9.17) is 0 Å². The molecule has 13 heavy (non-hydrogen) atoms. The minimum atomic E-state index is 0.100. The minimum absolute atomic E-state index is 0.100. The van der Waals surface area contributed by atoms with E-state index >= 15 is 0 Å². The highest BCUT2D eigenvalue weighted by Gasteiger charge is 2.02. The molecule has 3 heteroatoms. The zero-order valence-corrected chi connectivity index (χ0v) is 8.46. The molecule has 0 saturated heterocycles. The third kappa shape index (κ3) is 2.05. The highest BCUT2D eigenvalue weighted by atomic mass is 16.1. The quantitative estimate of drug-likeness (QED) is 0.646. The molecule has 0 N–H and O–H groups in total. The molecule has 0 unspecified atom stereocenters. The van der Waals surface area contributed by atoms with Crippen molar-refractivity contribution in [3.63, 3.8) is 0 Å². The van der Waals surface area contributed by atoms with Gasteiger partial charge in [-0.3, -0.25) is 9.48 Å². The molecule has 0 aliphatic rings. The van der Waals surface area contributed by atoms with E-state index in [9.17, 15) is 4.79 Å². The lowest BCUT2D eigenvalue weighted by Gasteiger charge is -1.96. The van der Waals surface area contributed by atoms with Gasteiger partial charge in [0.2, 0.25) is 0 Å². The molecule has 1 heterocycles. The van der Waals surface area contributed by atoms with Gasteiger partial charge >= 0.3 is 0 Å². The van der Waals surface area contributed by atoms with Crippen LogP contribution >= 0.6 is 0 Å². The summed E-state index contributed by atoms with van der Waals surface area (Å²) in [6.45, 7) is 5.36. The van der Waals surface area contributed by atoms with Gasteiger partial charge in [-0.2, -0.15) is 5.10 Å². The lowest BCUT2D eigenvalue weighted by molar-refractivity contribution is -0.113. The molecule has 0 aliphatic heterocycles. The summed E-state index contributed by atoms with van der Waals surface area (Å²) in [4.78, 5) is 11.0. The van der Waals surface area contributed by atoms with Crippen LogP contribution in [0.25, 0.3) is 6.08 Å². The fourth-order valence-electron chi connectivity index (χ4n) is 0.992. The molecule has 0 atom stereocenters. The Labute approximate surface area is 78.1 Å². The summed E-state index contributed by atoms with van der Waals surface area (Å²) in [6, 6.07) is 0. The number of aromatic nitrogens is 2. The molecule has 0 spiro atoms. The average Bonchev–Trinajstić information content (AvgIpc) is 2.36. The Balaban J connectivity index is 3.04. The third-order valence-corrected chi connectivity index (χ3v) is 2.20. The van der Waals surface area contributed by atoms with Crippen molar-refractivity contribution >= 4 is 11.9 Å². The first-order valence-electron chi connectivity index (χ1n) is 4.20. The molecule has 0 radical (unpaired) electrons. The SMILES string of the molecule is CC(=O)C(C)=Cc1cnn(C)c1C. The van der Waals surface area contributed by atoms with Gasteiger partial charge in [0.15, 0.2) is 5.78 Å². The fraction of sp³-hybridized carbons (Fsp3) is 0.400. The maximum atomic E-state index is 11.0. The molecule has 70 valence electrons. The molecule has 0 saturated carbocycles. The topological polar surface area (TPSA) is 34.9 Å². The maximum absolute atomic E-state index is 11.0. The smallest absolute Gasteiger partial charge is 0.155 e. The van der Waals surface area contributed by atoms with Crippen LogP contribution in [0.1, 0.15) is 25.1 Å². The first-order valence-corrected chi connectivity index (χ1v) is 4.20. The van der Waals surface area contributed by atoms with Crippen LogP contribution in [-0.4, -0.2) is 15.6 Å². The summed E-state index contributed by atoms with van der Waals surface area (Å²) in [7, 11) is 1.88. The number of nitrogens with zero attached hydrogens (tertiary/aromatic N) is 2. The number of allylic oxidation sites excluding steroid dienone is 1. The predicted octanol–water partition coefficient (Wildman–Crippen LogP) is 1.72. The van der Waals surface area contributed by atoms with Gasteiger partial charge in [-0.25, -0.2) is 0 Å². The van der Waals surface area contributed by atoms with Crippen LogP contribution in [0.5, 0.6) is 0 Å². The van der Waals surface area contributed by atoms with Crippen molar-refractivity contribution in [2.24, 2.45) is 7.05 Å². The van der Waals surface area contributed by atoms with Crippen molar-refractivity contribution in [3.05, 3.63) is 23.0 Å². The van der Waals surface area contributed by atoms with Crippen LogP contribution in [0.15, 0.2) is 11.8 Å². The lowest BCUT2D eigenvalue weighted by Crippen LogP contribution is -1.94. The zero-order chi connectivity index (χ0) is 10.0. The van der Waals surface area contributed by atoms with Gasteiger partial charge in [0.1, 0.15) is 0 Å². The molecule has 1 rings (SSSR count). The number of carbonyl (C=O) groups is 1. The molecule has 0 bridgehead atoms. The Morgan fingerprint density at radius 1 is 1.54 bits per heavy atom. The third-order valence-electron chi connectivity index (χ3n) is 2.20. The van der Waals surface area contributed by atoms with Gasteiger partial charge in [-0.15, -0.1) is 0 Å². The van der Waals surface area contributed by atoms with Gasteiger partial charge < -0.3 is 0 Å². The van der Waals surface area contributed by atoms with Crippen molar-refractivity contribution in [1.29, 1.82) is 0 Å². The summed E-state index contributed by atoms with van der Waals surface area (Å²) < 4.78 is 1.79. The van der Waals surface area contributed by atoms with E-state index in [2.05, 4.69) is 5.10 Å². The van der Waals surface area contributed by atoms with E-state index in [-0.39, 0.29) is 5.78 Å². The first kappa shape index (κ1) is 9.71. The molecule has 0 aliphatic carbocycles. The maximum Gasteiger partial charge on any atom is 0.155 e. The summed E-state index contributed by atoms with van der Waals surface area (Å²) in [6.07, 6.45) is 3.63. The Morgan fingerprint density at radius 3 is 2.54 bits per heavy atom. The fourth-order valence-corrected chi connectivity index (χ4v) is 0.992. The Kier molecular flexibility index (Phi) is 2.66. The van der Waals surface area contributed by atoms with Gasteiger partial charge in [0, 0.05) is 18.3 Å². The largest absolute Gasteiger partial charge is 0.295 e. The molecule has 0 aromatic carbocycles. The number of carbonyl (C=O) groups excluding carboxylic acids is 1. The van der Waals surface area contributed by atoms with Crippen molar-refractivity contribution in [1.82, 2.24) is 9.78 Å². The predicted molar refractivity (Wildman–Crippen MR) is 52.3 cm³/mol. The molecule has 1 aromatic rings. The van der Waals surface area contributed by atoms with Crippen molar-refractivity contribution in [2.75, 3.05) is 0 Å². The van der Waals surface area contributed by atoms with E-state index in [1.807, 2.05) is 27.0 Å². The van der Waals surface area contributed by atoms with Gasteiger partial charge in [-0.1, -0.05) is 0 Å². The molecule has 1 aromatic heterocycles. The molecular formula is C10H14N2O. The summed E-state index contributed by atoms with van der Waals surface area (Å²) >= 11 is 0. The van der Waals surface area contributed by atoms with Crippen LogP contribution in [0.2, 0.25) is 0 Å². The Morgan fingerprint density at radius 2 is 2.15 bits per heavy atom.